The van der Waals surface area contributed by atoms with Crippen molar-refractivity contribution in [3.8, 4) is 0 Å². The minimum atomic E-state index is 0.613. The van der Waals surface area contributed by atoms with Crippen LogP contribution in [0.4, 0.5) is 11.8 Å². The van der Waals surface area contributed by atoms with Crippen molar-refractivity contribution in [3.05, 3.63) is 11.8 Å². The molecule has 0 saturated carbocycles. The van der Waals surface area contributed by atoms with Crippen molar-refractivity contribution in [1.29, 1.82) is 0 Å². The summed E-state index contributed by atoms with van der Waals surface area (Å²) >= 11 is 0. The Morgan fingerprint density at radius 2 is 2.07 bits per heavy atom. The van der Waals surface area contributed by atoms with E-state index in [9.17, 15) is 0 Å². The Morgan fingerprint density at radius 1 is 1.33 bits per heavy atom. The summed E-state index contributed by atoms with van der Waals surface area (Å²) in [5.41, 5.74) is 1.08. The van der Waals surface area contributed by atoms with Gasteiger partial charge < -0.3 is 10.6 Å². The molecule has 0 spiro atoms. The van der Waals surface area contributed by atoms with Gasteiger partial charge in [0.1, 0.15) is 5.82 Å². The number of hydrogen-bond donors (Lipinski definition) is 2. The fourth-order valence-corrected chi connectivity index (χ4v) is 1.17. The zero-order valence-electron chi connectivity index (χ0n) is 9.96. The summed E-state index contributed by atoms with van der Waals surface area (Å²) < 4.78 is 0. The van der Waals surface area contributed by atoms with Gasteiger partial charge in [-0.05, 0) is 19.8 Å². The van der Waals surface area contributed by atoms with Crippen LogP contribution in [-0.4, -0.2) is 23.1 Å². The van der Waals surface area contributed by atoms with Crippen LogP contribution in [0.1, 0.15) is 26.3 Å². The number of rotatable bonds is 5. The van der Waals surface area contributed by atoms with Crippen LogP contribution in [0.2, 0.25) is 0 Å². The van der Waals surface area contributed by atoms with Crippen LogP contribution in [0.25, 0.3) is 0 Å². The molecule has 1 heterocycles. The molecule has 0 amide bonds. The van der Waals surface area contributed by atoms with E-state index in [1.165, 1.54) is 0 Å². The van der Waals surface area contributed by atoms with E-state index in [0.29, 0.717) is 11.9 Å². The van der Waals surface area contributed by atoms with Crippen LogP contribution < -0.4 is 10.6 Å². The van der Waals surface area contributed by atoms with Crippen molar-refractivity contribution in [1.82, 2.24) is 9.97 Å². The Labute approximate surface area is 91.5 Å². The van der Waals surface area contributed by atoms with E-state index in [2.05, 4.69) is 34.4 Å². The SMILES string of the molecule is CCNc1ncc(C)c(NCC(C)C)n1. The van der Waals surface area contributed by atoms with Crippen LogP contribution in [0.15, 0.2) is 6.20 Å². The molecule has 84 valence electrons. The lowest BCUT2D eigenvalue weighted by Crippen LogP contribution is -2.12. The van der Waals surface area contributed by atoms with Gasteiger partial charge in [-0.1, -0.05) is 13.8 Å². The fourth-order valence-electron chi connectivity index (χ4n) is 1.17. The van der Waals surface area contributed by atoms with E-state index in [-0.39, 0.29) is 0 Å². The molecule has 0 aliphatic rings. The zero-order valence-corrected chi connectivity index (χ0v) is 9.96. The van der Waals surface area contributed by atoms with Crippen molar-refractivity contribution in [3.63, 3.8) is 0 Å². The van der Waals surface area contributed by atoms with E-state index >= 15 is 0 Å². The normalized spacial score (nSPS) is 10.5. The second-order valence-electron chi connectivity index (χ2n) is 4.03. The van der Waals surface area contributed by atoms with Crippen molar-refractivity contribution in [2.24, 2.45) is 5.92 Å². The van der Waals surface area contributed by atoms with E-state index < -0.39 is 0 Å². The standard InChI is InChI=1S/C11H20N4/c1-5-12-11-14-7-9(4)10(15-11)13-6-8(2)3/h7-8H,5-6H2,1-4H3,(H2,12,13,14,15). The summed E-state index contributed by atoms with van der Waals surface area (Å²) in [5, 5.41) is 6.42. The lowest BCUT2D eigenvalue weighted by molar-refractivity contribution is 0.686. The van der Waals surface area contributed by atoms with Gasteiger partial charge in [0.05, 0.1) is 0 Å². The zero-order chi connectivity index (χ0) is 11.3. The van der Waals surface area contributed by atoms with Crippen LogP contribution in [0.3, 0.4) is 0 Å². The van der Waals surface area contributed by atoms with E-state index in [4.69, 9.17) is 0 Å². The molecule has 0 aliphatic carbocycles. The third-order valence-corrected chi connectivity index (χ3v) is 1.98. The third-order valence-electron chi connectivity index (χ3n) is 1.98. The number of anilines is 2. The average Bonchev–Trinajstić information content (AvgIpc) is 2.19. The van der Waals surface area contributed by atoms with Crippen molar-refractivity contribution >= 4 is 11.8 Å². The summed E-state index contributed by atoms with van der Waals surface area (Å²) in [4.78, 5) is 8.59. The molecule has 0 radical (unpaired) electrons. The predicted molar refractivity (Wildman–Crippen MR) is 64.3 cm³/mol. The second kappa shape index (κ2) is 5.53. The molecule has 1 rings (SSSR count). The number of aromatic nitrogens is 2. The Bertz CT molecular complexity index is 309. The molecule has 15 heavy (non-hydrogen) atoms. The highest BCUT2D eigenvalue weighted by Gasteiger charge is 2.03. The topological polar surface area (TPSA) is 49.8 Å². The molecule has 4 nitrogen and oxygen atoms in total. The van der Waals surface area contributed by atoms with Gasteiger partial charge in [-0.15, -0.1) is 0 Å². The summed E-state index contributed by atoms with van der Waals surface area (Å²) in [5.74, 6) is 2.23. The monoisotopic (exact) mass is 208 g/mol. The molecule has 1 aromatic rings. The van der Waals surface area contributed by atoms with Gasteiger partial charge >= 0.3 is 0 Å². The molecule has 0 fully saturated rings. The van der Waals surface area contributed by atoms with Crippen LogP contribution >= 0.6 is 0 Å². The van der Waals surface area contributed by atoms with Gasteiger partial charge in [0.2, 0.25) is 5.95 Å². The van der Waals surface area contributed by atoms with Gasteiger partial charge in [-0.2, -0.15) is 4.98 Å². The number of aryl methyl sites for hydroxylation is 1. The molecule has 0 unspecified atom stereocenters. The Kier molecular flexibility index (Phi) is 4.34. The molecule has 2 N–H and O–H groups in total. The molecule has 0 atom stereocenters. The Hall–Kier alpha value is -1.32. The van der Waals surface area contributed by atoms with Crippen LogP contribution in [0, 0.1) is 12.8 Å². The van der Waals surface area contributed by atoms with Crippen LogP contribution in [0.5, 0.6) is 0 Å². The summed E-state index contributed by atoms with van der Waals surface area (Å²) in [6.45, 7) is 10.2. The largest absolute Gasteiger partial charge is 0.369 e. The molecule has 0 saturated heterocycles. The number of hydrogen-bond acceptors (Lipinski definition) is 4. The number of nitrogens with one attached hydrogen (secondary N) is 2. The molecular formula is C11H20N4. The highest BCUT2D eigenvalue weighted by atomic mass is 15.1. The first-order chi connectivity index (χ1) is 7.13. The number of nitrogens with zero attached hydrogens (tertiary/aromatic N) is 2. The quantitative estimate of drug-likeness (QED) is 0.779. The smallest absolute Gasteiger partial charge is 0.224 e. The minimum Gasteiger partial charge on any atom is -0.369 e. The minimum absolute atomic E-state index is 0.613. The molecule has 1 aromatic heterocycles. The molecule has 0 aromatic carbocycles. The first kappa shape index (κ1) is 11.8. The van der Waals surface area contributed by atoms with Gasteiger partial charge in [0, 0.05) is 24.8 Å². The van der Waals surface area contributed by atoms with Gasteiger partial charge in [0.15, 0.2) is 0 Å². The first-order valence-electron chi connectivity index (χ1n) is 5.44. The lowest BCUT2D eigenvalue weighted by atomic mass is 10.2. The Morgan fingerprint density at radius 3 is 2.67 bits per heavy atom. The molecule has 0 bridgehead atoms. The Balaban J connectivity index is 2.71. The first-order valence-corrected chi connectivity index (χ1v) is 5.44. The highest BCUT2D eigenvalue weighted by Crippen LogP contribution is 2.12. The molecule has 4 heteroatoms. The summed E-state index contributed by atoms with van der Waals surface area (Å²) in [7, 11) is 0. The summed E-state index contributed by atoms with van der Waals surface area (Å²) in [6.07, 6.45) is 1.84. The van der Waals surface area contributed by atoms with Gasteiger partial charge in [0.25, 0.3) is 0 Å². The maximum Gasteiger partial charge on any atom is 0.224 e. The lowest BCUT2D eigenvalue weighted by Gasteiger charge is -2.11. The van der Waals surface area contributed by atoms with Crippen molar-refractivity contribution in [2.45, 2.75) is 27.7 Å². The summed E-state index contributed by atoms with van der Waals surface area (Å²) in [6, 6.07) is 0. The van der Waals surface area contributed by atoms with Crippen LogP contribution in [-0.2, 0) is 0 Å². The van der Waals surface area contributed by atoms with E-state index in [1.54, 1.807) is 0 Å². The van der Waals surface area contributed by atoms with Gasteiger partial charge in [-0.3, -0.25) is 0 Å². The predicted octanol–water partition coefficient (Wildman–Crippen LogP) is 2.28. The second-order valence-corrected chi connectivity index (χ2v) is 4.03. The van der Waals surface area contributed by atoms with E-state index in [1.807, 2.05) is 20.0 Å². The average molecular weight is 208 g/mol. The highest BCUT2D eigenvalue weighted by molar-refractivity contribution is 5.46. The maximum atomic E-state index is 4.40. The third kappa shape index (κ3) is 3.73. The maximum absolute atomic E-state index is 4.40. The molecule has 0 aliphatic heterocycles. The van der Waals surface area contributed by atoms with Crippen molar-refractivity contribution in [2.75, 3.05) is 23.7 Å². The van der Waals surface area contributed by atoms with Crippen molar-refractivity contribution < 1.29 is 0 Å². The van der Waals surface area contributed by atoms with E-state index in [0.717, 1.165) is 24.5 Å². The molecular weight excluding hydrogens is 188 g/mol. The fraction of sp³-hybridized carbons (Fsp3) is 0.636. The van der Waals surface area contributed by atoms with Gasteiger partial charge in [-0.25, -0.2) is 4.98 Å².